The molecule has 0 bridgehead atoms. The summed E-state index contributed by atoms with van der Waals surface area (Å²) in [4.78, 5) is 27.3. The van der Waals surface area contributed by atoms with E-state index < -0.39 is 18.5 Å². The van der Waals surface area contributed by atoms with Gasteiger partial charge in [-0.2, -0.15) is 0 Å². The molecule has 0 fully saturated rings. The first-order valence-electron chi connectivity index (χ1n) is 6.77. The lowest BCUT2D eigenvalue weighted by molar-refractivity contribution is -0.124. The Bertz CT molecular complexity index is 718. The van der Waals surface area contributed by atoms with Crippen LogP contribution in [-0.2, 0) is 16.1 Å². The number of hydrogen-bond acceptors (Lipinski definition) is 4. The zero-order valence-electron chi connectivity index (χ0n) is 12.3. The number of hydrogen-bond donors (Lipinski definition) is 1. The summed E-state index contributed by atoms with van der Waals surface area (Å²) in [5.41, 5.74) is 1.97. The Morgan fingerprint density at radius 3 is 2.52 bits per heavy atom. The van der Waals surface area contributed by atoms with Gasteiger partial charge in [-0.3, -0.25) is 4.79 Å². The predicted molar refractivity (Wildman–Crippen MR) is 87.6 cm³/mol. The highest BCUT2D eigenvalue weighted by molar-refractivity contribution is 6.34. The van der Waals surface area contributed by atoms with Crippen LogP contribution in [0.15, 0.2) is 36.4 Å². The summed E-state index contributed by atoms with van der Waals surface area (Å²) >= 11 is 11.5. The monoisotopic (exact) mass is 352 g/mol. The lowest BCUT2D eigenvalue weighted by atomic mass is 10.1. The Labute approximate surface area is 143 Å². The number of benzene rings is 1. The highest BCUT2D eigenvalue weighted by Gasteiger charge is 2.16. The predicted octanol–water partition coefficient (Wildman–Crippen LogP) is 3.17. The second kappa shape index (κ2) is 7.94. The lowest BCUT2D eigenvalue weighted by Gasteiger charge is -2.07. The molecule has 1 N–H and O–H groups in total. The van der Waals surface area contributed by atoms with Gasteiger partial charge < -0.3 is 10.1 Å². The molecule has 2 aromatic rings. The number of carbonyl (C=O) groups is 2. The standard InChI is InChI=1S/C16H14Cl2N2O3/c1-10-2-4-11(5-3-10)8-19-14(21)9-23-16(22)15-12(17)6-7-13(18)20-15/h2-7H,8-9H2,1H3,(H,19,21). The van der Waals surface area contributed by atoms with Crippen LogP contribution in [0, 0.1) is 6.92 Å². The minimum Gasteiger partial charge on any atom is -0.451 e. The maximum Gasteiger partial charge on any atom is 0.359 e. The fraction of sp³-hybridized carbons (Fsp3) is 0.188. The van der Waals surface area contributed by atoms with Crippen molar-refractivity contribution in [3.8, 4) is 0 Å². The van der Waals surface area contributed by atoms with Gasteiger partial charge in [-0.05, 0) is 24.6 Å². The molecular formula is C16H14Cl2N2O3. The largest absolute Gasteiger partial charge is 0.451 e. The van der Waals surface area contributed by atoms with Crippen LogP contribution in [0.4, 0.5) is 0 Å². The van der Waals surface area contributed by atoms with Crippen LogP contribution in [-0.4, -0.2) is 23.5 Å². The van der Waals surface area contributed by atoms with E-state index >= 15 is 0 Å². The first-order chi connectivity index (χ1) is 11.0. The first-order valence-corrected chi connectivity index (χ1v) is 7.52. The van der Waals surface area contributed by atoms with E-state index in [1.54, 1.807) is 0 Å². The van der Waals surface area contributed by atoms with Crippen LogP contribution < -0.4 is 5.32 Å². The van der Waals surface area contributed by atoms with Gasteiger partial charge in [0.05, 0.1) is 5.02 Å². The van der Waals surface area contributed by atoms with E-state index in [9.17, 15) is 9.59 Å². The van der Waals surface area contributed by atoms with Crippen LogP contribution >= 0.6 is 23.2 Å². The Kier molecular flexibility index (Phi) is 5.96. The summed E-state index contributed by atoms with van der Waals surface area (Å²) < 4.78 is 4.88. The second-order valence-electron chi connectivity index (χ2n) is 4.80. The number of amides is 1. The van der Waals surface area contributed by atoms with Gasteiger partial charge in [-0.1, -0.05) is 53.0 Å². The molecular weight excluding hydrogens is 339 g/mol. The maximum absolute atomic E-state index is 11.8. The van der Waals surface area contributed by atoms with Crippen LogP contribution in [0.25, 0.3) is 0 Å². The van der Waals surface area contributed by atoms with Gasteiger partial charge >= 0.3 is 5.97 Å². The Morgan fingerprint density at radius 1 is 1.13 bits per heavy atom. The van der Waals surface area contributed by atoms with Crippen molar-refractivity contribution in [3.63, 3.8) is 0 Å². The van der Waals surface area contributed by atoms with Gasteiger partial charge in [0, 0.05) is 6.54 Å². The molecule has 7 heteroatoms. The summed E-state index contributed by atoms with van der Waals surface area (Å²) in [6, 6.07) is 10.6. The molecule has 0 saturated carbocycles. The van der Waals surface area contributed by atoms with E-state index in [1.807, 2.05) is 31.2 Å². The molecule has 2 rings (SSSR count). The van der Waals surface area contributed by atoms with Crippen LogP contribution in [0.3, 0.4) is 0 Å². The molecule has 0 atom stereocenters. The van der Waals surface area contributed by atoms with Gasteiger partial charge in [-0.25, -0.2) is 9.78 Å². The smallest absolute Gasteiger partial charge is 0.359 e. The minimum absolute atomic E-state index is 0.111. The second-order valence-corrected chi connectivity index (χ2v) is 5.60. The van der Waals surface area contributed by atoms with E-state index in [0.717, 1.165) is 11.1 Å². The number of aromatic nitrogens is 1. The van der Waals surface area contributed by atoms with Gasteiger partial charge in [0.25, 0.3) is 5.91 Å². The Hall–Kier alpha value is -2.11. The van der Waals surface area contributed by atoms with Gasteiger partial charge in [0.2, 0.25) is 0 Å². The minimum atomic E-state index is -0.803. The topological polar surface area (TPSA) is 68.3 Å². The molecule has 0 aliphatic heterocycles. The zero-order valence-corrected chi connectivity index (χ0v) is 13.8. The van der Waals surface area contributed by atoms with Crippen molar-refractivity contribution in [1.82, 2.24) is 10.3 Å². The van der Waals surface area contributed by atoms with E-state index in [0.29, 0.717) is 6.54 Å². The SMILES string of the molecule is Cc1ccc(CNC(=O)COC(=O)c2nc(Cl)ccc2Cl)cc1. The van der Waals surface area contributed by atoms with Crippen molar-refractivity contribution in [3.05, 3.63) is 63.4 Å². The molecule has 0 aliphatic rings. The summed E-state index contributed by atoms with van der Waals surface area (Å²) in [5.74, 6) is -1.22. The average Bonchev–Trinajstić information content (AvgIpc) is 2.54. The van der Waals surface area contributed by atoms with Crippen molar-refractivity contribution in [2.24, 2.45) is 0 Å². The molecule has 1 aromatic carbocycles. The summed E-state index contributed by atoms with van der Waals surface area (Å²) in [5, 5.41) is 2.88. The van der Waals surface area contributed by atoms with Crippen molar-refractivity contribution >= 4 is 35.1 Å². The van der Waals surface area contributed by atoms with Crippen LogP contribution in [0.5, 0.6) is 0 Å². The number of rotatable bonds is 5. The fourth-order valence-corrected chi connectivity index (χ4v) is 2.05. The number of pyridine rings is 1. The maximum atomic E-state index is 11.8. The fourth-order valence-electron chi connectivity index (χ4n) is 1.72. The number of carbonyl (C=O) groups excluding carboxylic acids is 2. The van der Waals surface area contributed by atoms with Crippen LogP contribution in [0.2, 0.25) is 10.2 Å². The van der Waals surface area contributed by atoms with E-state index in [4.69, 9.17) is 27.9 Å². The number of nitrogens with one attached hydrogen (secondary N) is 1. The molecule has 0 saturated heterocycles. The highest BCUT2D eigenvalue weighted by atomic mass is 35.5. The molecule has 0 radical (unpaired) electrons. The normalized spacial score (nSPS) is 10.2. The molecule has 0 aliphatic carbocycles. The highest BCUT2D eigenvalue weighted by Crippen LogP contribution is 2.17. The number of halogens is 2. The summed E-state index contributed by atoms with van der Waals surface area (Å²) in [6.07, 6.45) is 0. The third-order valence-corrected chi connectivity index (χ3v) is 3.47. The third kappa shape index (κ3) is 5.23. The molecule has 1 aromatic heterocycles. The van der Waals surface area contributed by atoms with Gasteiger partial charge in [0.1, 0.15) is 5.15 Å². The summed E-state index contributed by atoms with van der Waals surface area (Å²) in [6.45, 7) is 1.92. The number of aryl methyl sites for hydroxylation is 1. The molecule has 1 heterocycles. The first kappa shape index (κ1) is 17.2. The molecule has 23 heavy (non-hydrogen) atoms. The van der Waals surface area contributed by atoms with E-state index in [-0.39, 0.29) is 15.9 Å². The van der Waals surface area contributed by atoms with Crippen molar-refractivity contribution in [1.29, 1.82) is 0 Å². The Morgan fingerprint density at radius 2 is 1.83 bits per heavy atom. The van der Waals surface area contributed by atoms with Crippen molar-refractivity contribution in [2.75, 3.05) is 6.61 Å². The quantitative estimate of drug-likeness (QED) is 0.662. The van der Waals surface area contributed by atoms with E-state index in [1.165, 1.54) is 12.1 Å². The lowest BCUT2D eigenvalue weighted by Crippen LogP contribution is -2.28. The Balaban J connectivity index is 1.83. The average molecular weight is 353 g/mol. The van der Waals surface area contributed by atoms with Gasteiger partial charge in [-0.15, -0.1) is 0 Å². The van der Waals surface area contributed by atoms with Crippen LogP contribution in [0.1, 0.15) is 21.6 Å². The van der Waals surface area contributed by atoms with E-state index in [2.05, 4.69) is 10.3 Å². The molecule has 0 unspecified atom stereocenters. The summed E-state index contributed by atoms with van der Waals surface area (Å²) in [7, 11) is 0. The molecule has 0 spiro atoms. The molecule has 120 valence electrons. The number of esters is 1. The third-order valence-electron chi connectivity index (χ3n) is 2.95. The van der Waals surface area contributed by atoms with Gasteiger partial charge in [0.15, 0.2) is 12.3 Å². The van der Waals surface area contributed by atoms with Crippen molar-refractivity contribution < 1.29 is 14.3 Å². The van der Waals surface area contributed by atoms with Crippen molar-refractivity contribution in [2.45, 2.75) is 13.5 Å². The number of nitrogens with zero attached hydrogens (tertiary/aromatic N) is 1. The molecule has 5 nitrogen and oxygen atoms in total. The molecule has 1 amide bonds. The number of ether oxygens (including phenoxy) is 1. The zero-order chi connectivity index (χ0) is 16.8.